The molecular weight excluding hydrogens is 288 g/mol. The normalized spacial score (nSPS) is 10.3. The molecular formula is C11H9ClN4O4. The monoisotopic (exact) mass is 296 g/mol. The minimum absolute atomic E-state index is 0.0278. The van der Waals surface area contributed by atoms with Crippen LogP contribution < -0.4 is 5.32 Å². The molecule has 0 aliphatic carbocycles. The van der Waals surface area contributed by atoms with Gasteiger partial charge in [-0.15, -0.1) is 0 Å². The van der Waals surface area contributed by atoms with Gasteiger partial charge in [-0.25, -0.2) is 4.79 Å². The van der Waals surface area contributed by atoms with Crippen LogP contribution in [0.3, 0.4) is 0 Å². The maximum Gasteiger partial charge on any atom is 0.406 e. The Hall–Kier alpha value is -2.61. The molecule has 2 N–H and O–H groups in total. The molecule has 2 aromatic rings. The number of imidazole rings is 1. The number of halogens is 1. The van der Waals surface area contributed by atoms with E-state index in [1.807, 2.05) is 0 Å². The van der Waals surface area contributed by atoms with Crippen LogP contribution in [-0.2, 0) is 7.05 Å². The van der Waals surface area contributed by atoms with Crippen LogP contribution in [0.25, 0.3) is 0 Å². The molecule has 0 bridgehead atoms. The second-order valence-corrected chi connectivity index (χ2v) is 4.32. The topological polar surface area (TPSA) is 110 Å². The van der Waals surface area contributed by atoms with E-state index in [0.29, 0.717) is 5.69 Å². The molecule has 0 spiro atoms. The second-order valence-electron chi connectivity index (χ2n) is 3.91. The van der Waals surface area contributed by atoms with Gasteiger partial charge in [-0.1, -0.05) is 11.6 Å². The molecule has 9 heteroatoms. The minimum Gasteiger partial charge on any atom is -0.478 e. The zero-order valence-corrected chi connectivity index (χ0v) is 11.0. The van der Waals surface area contributed by atoms with Crippen molar-refractivity contribution in [1.82, 2.24) is 9.55 Å². The molecule has 1 heterocycles. The first-order valence-corrected chi connectivity index (χ1v) is 5.73. The number of benzene rings is 1. The molecule has 1 aromatic heterocycles. The summed E-state index contributed by atoms with van der Waals surface area (Å²) in [7, 11) is 1.59. The predicted octanol–water partition coefficient (Wildman–Crippen LogP) is 2.42. The molecule has 0 aliphatic heterocycles. The lowest BCUT2D eigenvalue weighted by Crippen LogP contribution is -2.02. The summed E-state index contributed by atoms with van der Waals surface area (Å²) < 4.78 is 1.43. The van der Waals surface area contributed by atoms with E-state index in [2.05, 4.69) is 10.3 Å². The largest absolute Gasteiger partial charge is 0.478 e. The molecule has 1 aromatic carbocycles. The Kier molecular flexibility index (Phi) is 3.57. The van der Waals surface area contributed by atoms with Crippen LogP contribution in [-0.4, -0.2) is 25.6 Å². The van der Waals surface area contributed by atoms with E-state index < -0.39 is 10.9 Å². The molecule has 0 saturated carbocycles. The highest BCUT2D eigenvalue weighted by Crippen LogP contribution is 2.30. The number of nitrogens with one attached hydrogen (secondary N) is 1. The number of carboxylic acid groups (broad SMARTS) is 1. The Morgan fingerprint density at radius 1 is 1.55 bits per heavy atom. The van der Waals surface area contributed by atoms with Crippen LogP contribution in [0.5, 0.6) is 0 Å². The minimum atomic E-state index is -1.11. The molecule has 0 amide bonds. The van der Waals surface area contributed by atoms with Crippen molar-refractivity contribution in [2.24, 2.45) is 7.05 Å². The summed E-state index contributed by atoms with van der Waals surface area (Å²) in [6.45, 7) is 0. The first kappa shape index (κ1) is 13.8. The van der Waals surface area contributed by atoms with Crippen LogP contribution in [0.1, 0.15) is 10.4 Å². The van der Waals surface area contributed by atoms with Crippen molar-refractivity contribution >= 4 is 34.9 Å². The number of hydrogen-bond donors (Lipinski definition) is 2. The lowest BCUT2D eigenvalue weighted by atomic mass is 10.2. The number of nitro groups is 1. The number of rotatable bonds is 4. The number of aryl methyl sites for hydroxylation is 1. The summed E-state index contributed by atoms with van der Waals surface area (Å²) in [4.78, 5) is 24.7. The number of carbonyl (C=O) groups is 1. The second kappa shape index (κ2) is 5.17. The zero-order chi connectivity index (χ0) is 14.9. The molecule has 0 atom stereocenters. The lowest BCUT2D eigenvalue weighted by molar-refractivity contribution is -0.388. The van der Waals surface area contributed by atoms with E-state index in [9.17, 15) is 14.9 Å². The van der Waals surface area contributed by atoms with Crippen LogP contribution in [0.4, 0.5) is 17.3 Å². The van der Waals surface area contributed by atoms with Crippen molar-refractivity contribution in [3.8, 4) is 0 Å². The summed E-state index contributed by atoms with van der Waals surface area (Å²) in [5.74, 6) is -1.30. The number of carboxylic acids is 1. The van der Waals surface area contributed by atoms with Gasteiger partial charge in [-0.2, -0.15) is 0 Å². The van der Waals surface area contributed by atoms with Crippen LogP contribution in [0.15, 0.2) is 24.5 Å². The summed E-state index contributed by atoms with van der Waals surface area (Å²) in [6.07, 6.45) is 1.29. The average Bonchev–Trinajstić information content (AvgIpc) is 2.73. The summed E-state index contributed by atoms with van der Waals surface area (Å²) in [5.41, 5.74) is 0.378. The SMILES string of the molecule is Cn1cnc([N+](=O)[O-])c1Nc1ccc(C(=O)O)cc1Cl. The Labute approximate surface area is 117 Å². The van der Waals surface area contributed by atoms with Gasteiger partial charge in [0.25, 0.3) is 0 Å². The van der Waals surface area contributed by atoms with Gasteiger partial charge in [0.2, 0.25) is 12.1 Å². The Bertz CT molecular complexity index is 698. The van der Waals surface area contributed by atoms with Crippen molar-refractivity contribution in [3.63, 3.8) is 0 Å². The fourth-order valence-corrected chi connectivity index (χ4v) is 1.80. The van der Waals surface area contributed by atoms with Gasteiger partial charge in [0, 0.05) is 7.05 Å². The zero-order valence-electron chi connectivity index (χ0n) is 10.2. The molecule has 0 fully saturated rings. The number of nitrogens with zero attached hydrogens (tertiary/aromatic N) is 3. The smallest absolute Gasteiger partial charge is 0.406 e. The molecule has 104 valence electrons. The van der Waals surface area contributed by atoms with E-state index in [1.165, 1.54) is 29.1 Å². The van der Waals surface area contributed by atoms with Gasteiger partial charge in [-0.05, 0) is 28.1 Å². The predicted molar refractivity (Wildman–Crippen MR) is 71.6 cm³/mol. The summed E-state index contributed by atoms with van der Waals surface area (Å²) in [5, 5.41) is 22.6. The summed E-state index contributed by atoms with van der Waals surface area (Å²) in [6, 6.07) is 4.04. The highest BCUT2D eigenvalue weighted by Gasteiger charge is 2.21. The van der Waals surface area contributed by atoms with Crippen LogP contribution >= 0.6 is 11.6 Å². The molecule has 2 rings (SSSR count). The lowest BCUT2D eigenvalue weighted by Gasteiger charge is -2.08. The van der Waals surface area contributed by atoms with Crippen molar-refractivity contribution in [1.29, 1.82) is 0 Å². The van der Waals surface area contributed by atoms with Gasteiger partial charge in [0.15, 0.2) is 0 Å². The first-order valence-electron chi connectivity index (χ1n) is 5.35. The molecule has 0 unspecified atom stereocenters. The van der Waals surface area contributed by atoms with E-state index in [4.69, 9.17) is 16.7 Å². The highest BCUT2D eigenvalue weighted by molar-refractivity contribution is 6.33. The van der Waals surface area contributed by atoms with Gasteiger partial charge in [0.1, 0.15) is 0 Å². The van der Waals surface area contributed by atoms with Crippen molar-refractivity contribution in [2.75, 3.05) is 5.32 Å². The maximum atomic E-state index is 10.8. The molecule has 0 radical (unpaired) electrons. The molecule has 8 nitrogen and oxygen atoms in total. The Balaban J connectivity index is 2.38. The first-order chi connectivity index (χ1) is 9.40. The average molecular weight is 297 g/mol. The Morgan fingerprint density at radius 3 is 2.80 bits per heavy atom. The van der Waals surface area contributed by atoms with Gasteiger partial charge in [0.05, 0.1) is 16.3 Å². The van der Waals surface area contributed by atoms with Crippen molar-refractivity contribution in [3.05, 3.63) is 45.2 Å². The van der Waals surface area contributed by atoms with E-state index in [1.54, 1.807) is 7.05 Å². The van der Waals surface area contributed by atoms with E-state index >= 15 is 0 Å². The fraction of sp³-hybridized carbons (Fsp3) is 0.0909. The number of aromatic carboxylic acids is 1. The highest BCUT2D eigenvalue weighted by atomic mass is 35.5. The third-order valence-electron chi connectivity index (χ3n) is 2.56. The Morgan fingerprint density at radius 2 is 2.25 bits per heavy atom. The standard InChI is InChI=1S/C11H9ClN4O4/c1-15-5-13-9(16(19)20)10(15)14-8-3-2-6(11(17)18)4-7(8)12/h2-5,14H,1H3,(H,17,18). The van der Waals surface area contributed by atoms with Gasteiger partial charge >= 0.3 is 11.8 Å². The summed E-state index contributed by atoms with van der Waals surface area (Å²) >= 11 is 5.95. The van der Waals surface area contributed by atoms with Crippen LogP contribution in [0.2, 0.25) is 5.02 Å². The van der Waals surface area contributed by atoms with Gasteiger partial charge in [-0.3, -0.25) is 4.57 Å². The van der Waals surface area contributed by atoms with E-state index in [-0.39, 0.29) is 22.2 Å². The van der Waals surface area contributed by atoms with Crippen molar-refractivity contribution < 1.29 is 14.8 Å². The quantitative estimate of drug-likeness (QED) is 0.662. The molecule has 20 heavy (non-hydrogen) atoms. The molecule has 0 aliphatic rings. The van der Waals surface area contributed by atoms with Crippen LogP contribution in [0, 0.1) is 10.1 Å². The van der Waals surface area contributed by atoms with Gasteiger partial charge < -0.3 is 20.5 Å². The number of aromatic nitrogens is 2. The third kappa shape index (κ3) is 2.54. The fourth-order valence-electron chi connectivity index (χ4n) is 1.57. The van der Waals surface area contributed by atoms with Crippen molar-refractivity contribution in [2.45, 2.75) is 0 Å². The third-order valence-corrected chi connectivity index (χ3v) is 2.87. The van der Waals surface area contributed by atoms with E-state index in [0.717, 1.165) is 0 Å². The number of hydrogen-bond acceptors (Lipinski definition) is 5. The number of anilines is 2. The maximum absolute atomic E-state index is 10.8. The molecule has 0 saturated heterocycles.